The third kappa shape index (κ3) is 5.99. The van der Waals surface area contributed by atoms with Crippen molar-refractivity contribution in [2.45, 2.75) is 51.0 Å². The first kappa shape index (κ1) is 26.8. The first-order valence-electron chi connectivity index (χ1n) is 11.2. The number of rotatable bonds is 8. The van der Waals surface area contributed by atoms with E-state index in [9.17, 15) is 22.0 Å². The summed E-state index contributed by atoms with van der Waals surface area (Å²) in [7, 11) is -3.61. The standard InChI is InChI=1S/C22H23Cl2F2N5O3S2/c1-2-9-36(33,34)31-15-4-3-14(23)18(16(15)24)30-21(32)13-10-35-19-17(13)27-11-28-20(19)29-12-5-7-22(25,26)8-6-12/h3-4,10-12,31H,2,5-9H2,1H3,(H,30,32)(H,27,28,29). The van der Waals surface area contributed by atoms with E-state index in [-0.39, 0.29) is 51.6 Å². The molecule has 4 rings (SSSR count). The summed E-state index contributed by atoms with van der Waals surface area (Å²) in [5, 5.41) is 7.52. The molecule has 1 saturated carbocycles. The first-order chi connectivity index (χ1) is 17.0. The Morgan fingerprint density at radius 3 is 2.64 bits per heavy atom. The third-order valence-electron chi connectivity index (χ3n) is 5.72. The highest BCUT2D eigenvalue weighted by molar-refractivity contribution is 7.92. The lowest BCUT2D eigenvalue weighted by molar-refractivity contribution is -0.0361. The van der Waals surface area contributed by atoms with Crippen LogP contribution in [0, 0.1) is 0 Å². The summed E-state index contributed by atoms with van der Waals surface area (Å²) in [6.07, 6.45) is 1.97. The molecule has 0 bridgehead atoms. The van der Waals surface area contributed by atoms with Crippen molar-refractivity contribution < 1.29 is 22.0 Å². The van der Waals surface area contributed by atoms with Crippen LogP contribution in [0.4, 0.5) is 26.0 Å². The number of carbonyl (C=O) groups excluding carboxylic acids is 1. The number of carbonyl (C=O) groups is 1. The van der Waals surface area contributed by atoms with Gasteiger partial charge in [-0.3, -0.25) is 9.52 Å². The quantitative estimate of drug-likeness (QED) is 0.286. The highest BCUT2D eigenvalue weighted by atomic mass is 35.5. The van der Waals surface area contributed by atoms with E-state index in [1.165, 1.54) is 29.8 Å². The first-order valence-corrected chi connectivity index (χ1v) is 14.4. The Morgan fingerprint density at radius 2 is 1.94 bits per heavy atom. The second kappa shape index (κ2) is 10.6. The fourth-order valence-corrected chi connectivity index (χ4v) is 6.57. The van der Waals surface area contributed by atoms with Crippen LogP contribution in [0.25, 0.3) is 10.2 Å². The highest BCUT2D eigenvalue weighted by Gasteiger charge is 2.35. The van der Waals surface area contributed by atoms with Gasteiger partial charge in [-0.2, -0.15) is 0 Å². The number of anilines is 3. The number of fused-ring (bicyclic) bond motifs is 1. The lowest BCUT2D eigenvalue weighted by Gasteiger charge is -2.29. The minimum Gasteiger partial charge on any atom is -0.366 e. The van der Waals surface area contributed by atoms with E-state index in [4.69, 9.17) is 23.2 Å². The van der Waals surface area contributed by atoms with Crippen molar-refractivity contribution in [1.82, 2.24) is 9.97 Å². The van der Waals surface area contributed by atoms with Crippen LogP contribution in [0.2, 0.25) is 10.0 Å². The zero-order valence-corrected chi connectivity index (χ0v) is 22.2. The van der Waals surface area contributed by atoms with Gasteiger partial charge in [-0.15, -0.1) is 11.3 Å². The van der Waals surface area contributed by atoms with Crippen LogP contribution in [-0.4, -0.2) is 42.0 Å². The molecule has 1 aromatic carbocycles. The van der Waals surface area contributed by atoms with Gasteiger partial charge >= 0.3 is 0 Å². The summed E-state index contributed by atoms with van der Waals surface area (Å²) >= 11 is 13.9. The van der Waals surface area contributed by atoms with Crippen LogP contribution in [0.5, 0.6) is 0 Å². The number of thiophene rings is 1. The van der Waals surface area contributed by atoms with Crippen LogP contribution >= 0.6 is 34.5 Å². The minimum absolute atomic E-state index is 0.0509. The molecule has 14 heteroatoms. The van der Waals surface area contributed by atoms with E-state index in [1.807, 2.05) is 0 Å². The molecule has 0 aliphatic heterocycles. The fourth-order valence-electron chi connectivity index (χ4n) is 3.91. The highest BCUT2D eigenvalue weighted by Crippen LogP contribution is 2.39. The number of sulfonamides is 1. The van der Waals surface area contributed by atoms with Gasteiger partial charge in [0.05, 0.1) is 43.0 Å². The predicted molar refractivity (Wildman–Crippen MR) is 140 cm³/mol. The number of nitrogens with zero attached hydrogens (tertiary/aromatic N) is 2. The van der Waals surface area contributed by atoms with Gasteiger partial charge in [-0.25, -0.2) is 27.2 Å². The predicted octanol–water partition coefficient (Wildman–Crippen LogP) is 6.39. The average molecular weight is 578 g/mol. The van der Waals surface area contributed by atoms with Crippen molar-refractivity contribution in [3.8, 4) is 0 Å². The maximum atomic E-state index is 13.5. The van der Waals surface area contributed by atoms with Crippen LogP contribution in [0.15, 0.2) is 23.8 Å². The normalized spacial score (nSPS) is 16.1. The van der Waals surface area contributed by atoms with Gasteiger partial charge in [0.1, 0.15) is 12.1 Å². The number of aromatic nitrogens is 2. The SMILES string of the molecule is CCCS(=O)(=O)Nc1ccc(Cl)c(NC(=O)c2csc3c(NC4CCC(F)(F)CC4)ncnc23)c1Cl. The molecular formula is C22H23Cl2F2N5O3S2. The Hall–Kier alpha value is -2.28. The van der Waals surface area contributed by atoms with Gasteiger partial charge in [0.2, 0.25) is 15.9 Å². The fraction of sp³-hybridized carbons (Fsp3) is 0.409. The number of hydrogen-bond acceptors (Lipinski definition) is 7. The molecule has 36 heavy (non-hydrogen) atoms. The molecule has 2 heterocycles. The monoisotopic (exact) mass is 577 g/mol. The molecule has 1 amide bonds. The van der Waals surface area contributed by atoms with E-state index >= 15 is 0 Å². The molecule has 8 nitrogen and oxygen atoms in total. The van der Waals surface area contributed by atoms with Gasteiger partial charge < -0.3 is 10.6 Å². The van der Waals surface area contributed by atoms with Crippen LogP contribution < -0.4 is 15.4 Å². The van der Waals surface area contributed by atoms with Gasteiger partial charge in [0.25, 0.3) is 5.91 Å². The molecule has 3 aromatic rings. The topological polar surface area (TPSA) is 113 Å². The van der Waals surface area contributed by atoms with E-state index in [1.54, 1.807) is 12.3 Å². The van der Waals surface area contributed by atoms with E-state index in [0.717, 1.165) is 0 Å². The van der Waals surface area contributed by atoms with Crippen molar-refractivity contribution in [3.05, 3.63) is 39.4 Å². The lowest BCUT2D eigenvalue weighted by Crippen LogP contribution is -2.32. The molecular weight excluding hydrogens is 555 g/mol. The Morgan fingerprint density at radius 1 is 1.22 bits per heavy atom. The summed E-state index contributed by atoms with van der Waals surface area (Å²) in [4.78, 5) is 21.6. The van der Waals surface area contributed by atoms with E-state index in [0.29, 0.717) is 35.3 Å². The number of alkyl halides is 2. The Kier molecular flexibility index (Phi) is 7.89. The number of hydrogen-bond donors (Lipinski definition) is 3. The van der Waals surface area contributed by atoms with E-state index in [2.05, 4.69) is 25.3 Å². The summed E-state index contributed by atoms with van der Waals surface area (Å²) in [6, 6.07) is 2.69. The number of nitrogens with one attached hydrogen (secondary N) is 3. The summed E-state index contributed by atoms with van der Waals surface area (Å²) < 4.78 is 54.3. The molecule has 2 aromatic heterocycles. The molecule has 1 aliphatic rings. The van der Waals surface area contributed by atoms with Gasteiger partial charge in [0, 0.05) is 24.3 Å². The van der Waals surface area contributed by atoms with Crippen molar-refractivity contribution in [2.75, 3.05) is 21.1 Å². The Bertz CT molecular complexity index is 1390. The third-order valence-corrected chi connectivity index (χ3v) is 8.88. The molecule has 0 unspecified atom stereocenters. The minimum atomic E-state index is -3.61. The van der Waals surface area contributed by atoms with Crippen LogP contribution in [-0.2, 0) is 10.0 Å². The van der Waals surface area contributed by atoms with Crippen molar-refractivity contribution in [3.63, 3.8) is 0 Å². The summed E-state index contributed by atoms with van der Waals surface area (Å²) in [5.41, 5.74) is 0.754. The smallest absolute Gasteiger partial charge is 0.258 e. The maximum Gasteiger partial charge on any atom is 0.258 e. The largest absolute Gasteiger partial charge is 0.366 e. The maximum absolute atomic E-state index is 13.5. The number of benzene rings is 1. The zero-order chi connectivity index (χ0) is 26.1. The molecule has 0 atom stereocenters. The Balaban J connectivity index is 1.56. The van der Waals surface area contributed by atoms with Crippen molar-refractivity contribution in [1.29, 1.82) is 0 Å². The lowest BCUT2D eigenvalue weighted by atomic mass is 9.92. The zero-order valence-electron chi connectivity index (χ0n) is 19.1. The average Bonchev–Trinajstić information content (AvgIpc) is 3.25. The van der Waals surface area contributed by atoms with Crippen LogP contribution in [0.1, 0.15) is 49.4 Å². The van der Waals surface area contributed by atoms with Crippen molar-refractivity contribution >= 4 is 77.9 Å². The molecule has 194 valence electrons. The summed E-state index contributed by atoms with van der Waals surface area (Å²) in [6.45, 7) is 1.73. The van der Waals surface area contributed by atoms with Gasteiger partial charge in [-0.05, 0) is 31.4 Å². The molecule has 0 saturated heterocycles. The summed E-state index contributed by atoms with van der Waals surface area (Å²) in [5.74, 6) is -2.81. The second-order valence-electron chi connectivity index (χ2n) is 8.48. The Labute approximate surface area is 220 Å². The molecule has 1 fully saturated rings. The number of halogens is 4. The van der Waals surface area contributed by atoms with Gasteiger partial charge in [-0.1, -0.05) is 30.1 Å². The molecule has 0 spiro atoms. The second-order valence-corrected chi connectivity index (χ2v) is 12.0. The van der Waals surface area contributed by atoms with Crippen molar-refractivity contribution in [2.24, 2.45) is 0 Å². The molecule has 0 radical (unpaired) electrons. The van der Waals surface area contributed by atoms with Crippen LogP contribution in [0.3, 0.4) is 0 Å². The van der Waals surface area contributed by atoms with E-state index < -0.39 is 21.9 Å². The molecule has 3 N–H and O–H groups in total. The van der Waals surface area contributed by atoms with Gasteiger partial charge in [0.15, 0.2) is 0 Å². The number of amides is 1. The molecule has 1 aliphatic carbocycles.